The standard InChI is InChI=1S/C21H22ClN2.C3H8O.BrH/c1-16-7-12-21-23(14-13-16)20(17-5-3-2-4-6-17)15-24(21)19-10-8-18(22)9-11-19;1-3(2)4;/h2-6,8-11,15-16H,7,12-14H2,1H3;3-4H,1-2H3;1H/q+1;;/p-1. The third kappa shape index (κ3) is 6.18. The number of benzene rings is 2. The molecule has 1 atom stereocenters. The molecule has 0 amide bonds. The van der Waals surface area contributed by atoms with Gasteiger partial charge in [-0.2, -0.15) is 4.57 Å². The molecule has 1 aliphatic rings. The summed E-state index contributed by atoms with van der Waals surface area (Å²) in [7, 11) is 0. The summed E-state index contributed by atoms with van der Waals surface area (Å²) < 4.78 is 4.85. The second-order valence-electron chi connectivity index (χ2n) is 7.82. The van der Waals surface area contributed by atoms with Gasteiger partial charge in [0, 0.05) is 16.7 Å². The first kappa shape index (κ1) is 23.7. The second-order valence-corrected chi connectivity index (χ2v) is 8.26. The molecule has 0 saturated heterocycles. The molecule has 2 aromatic carbocycles. The molecular weight excluding hydrogens is 448 g/mol. The fraction of sp³-hybridized carbons (Fsp3) is 0.375. The first-order valence-electron chi connectivity index (χ1n) is 10.1. The molecule has 3 aromatic rings. The Hall–Kier alpha value is -1.62. The van der Waals surface area contributed by atoms with Gasteiger partial charge in [0.05, 0.1) is 13.0 Å². The Labute approximate surface area is 189 Å². The first-order valence-corrected chi connectivity index (χ1v) is 10.5. The highest BCUT2D eigenvalue weighted by Crippen LogP contribution is 2.25. The minimum absolute atomic E-state index is 0. The van der Waals surface area contributed by atoms with E-state index < -0.39 is 0 Å². The largest absolute Gasteiger partial charge is 1.00 e. The van der Waals surface area contributed by atoms with E-state index in [-0.39, 0.29) is 23.1 Å². The van der Waals surface area contributed by atoms with Gasteiger partial charge in [0.1, 0.15) is 11.9 Å². The molecule has 2 heterocycles. The van der Waals surface area contributed by atoms with Gasteiger partial charge in [-0.15, -0.1) is 0 Å². The van der Waals surface area contributed by atoms with Crippen LogP contribution in [0.4, 0.5) is 0 Å². The zero-order valence-corrected chi connectivity index (χ0v) is 19.7. The van der Waals surface area contributed by atoms with E-state index in [9.17, 15) is 0 Å². The molecule has 0 fully saturated rings. The molecule has 1 N–H and O–H groups in total. The van der Waals surface area contributed by atoms with Gasteiger partial charge in [-0.1, -0.05) is 48.9 Å². The Morgan fingerprint density at radius 3 is 2.28 bits per heavy atom. The lowest BCUT2D eigenvalue weighted by atomic mass is 10.0. The summed E-state index contributed by atoms with van der Waals surface area (Å²) in [5.74, 6) is 2.16. The van der Waals surface area contributed by atoms with Gasteiger partial charge in [0.25, 0.3) is 5.82 Å². The zero-order chi connectivity index (χ0) is 20.1. The van der Waals surface area contributed by atoms with Gasteiger partial charge in [-0.3, -0.25) is 0 Å². The lowest BCUT2D eigenvalue weighted by molar-refractivity contribution is -0.692. The van der Waals surface area contributed by atoms with Crippen LogP contribution >= 0.6 is 11.6 Å². The van der Waals surface area contributed by atoms with Gasteiger partial charge < -0.3 is 22.1 Å². The van der Waals surface area contributed by atoms with Crippen molar-refractivity contribution < 1.29 is 26.7 Å². The summed E-state index contributed by atoms with van der Waals surface area (Å²) in [4.78, 5) is 0. The highest BCUT2D eigenvalue weighted by molar-refractivity contribution is 6.30. The Balaban J connectivity index is 0.000000552. The number of nitrogens with zero attached hydrogens (tertiary/aromatic N) is 2. The van der Waals surface area contributed by atoms with Crippen LogP contribution < -0.4 is 21.5 Å². The molecular formula is C24H30BrClN2O. The molecule has 1 aromatic heterocycles. The third-order valence-corrected chi connectivity index (χ3v) is 5.26. The number of aliphatic hydroxyl groups is 1. The molecule has 1 aliphatic heterocycles. The monoisotopic (exact) mass is 476 g/mol. The van der Waals surface area contributed by atoms with Crippen LogP contribution in [0.25, 0.3) is 16.9 Å². The molecule has 0 aliphatic carbocycles. The van der Waals surface area contributed by atoms with E-state index in [2.05, 4.69) is 64.7 Å². The van der Waals surface area contributed by atoms with E-state index in [1.807, 2.05) is 12.1 Å². The second kappa shape index (κ2) is 11.0. The lowest BCUT2D eigenvalue weighted by Crippen LogP contribution is -3.00. The molecule has 4 rings (SSSR count). The van der Waals surface area contributed by atoms with Crippen molar-refractivity contribution in [1.82, 2.24) is 4.57 Å². The predicted molar refractivity (Wildman–Crippen MR) is 116 cm³/mol. The van der Waals surface area contributed by atoms with Crippen molar-refractivity contribution in [3.63, 3.8) is 0 Å². The summed E-state index contributed by atoms with van der Waals surface area (Å²) in [6, 6.07) is 18.8. The highest BCUT2D eigenvalue weighted by atomic mass is 79.9. The quantitative estimate of drug-likeness (QED) is 0.565. The number of hydrogen-bond acceptors (Lipinski definition) is 1. The lowest BCUT2D eigenvalue weighted by Gasteiger charge is -2.04. The maximum atomic E-state index is 8.06. The average molecular weight is 478 g/mol. The molecule has 0 bridgehead atoms. The van der Waals surface area contributed by atoms with E-state index in [1.165, 1.54) is 35.6 Å². The molecule has 0 saturated carbocycles. The molecule has 29 heavy (non-hydrogen) atoms. The van der Waals surface area contributed by atoms with Crippen molar-refractivity contribution in [1.29, 1.82) is 0 Å². The Morgan fingerprint density at radius 1 is 1.03 bits per heavy atom. The zero-order valence-electron chi connectivity index (χ0n) is 17.4. The van der Waals surface area contributed by atoms with Crippen LogP contribution in [0.2, 0.25) is 5.02 Å². The average Bonchev–Trinajstić information content (AvgIpc) is 2.93. The van der Waals surface area contributed by atoms with Crippen molar-refractivity contribution in [2.24, 2.45) is 5.92 Å². The predicted octanol–water partition coefficient (Wildman–Crippen LogP) is 2.45. The number of rotatable bonds is 2. The van der Waals surface area contributed by atoms with E-state index >= 15 is 0 Å². The van der Waals surface area contributed by atoms with Crippen molar-refractivity contribution in [2.45, 2.75) is 52.7 Å². The van der Waals surface area contributed by atoms with Crippen LogP contribution in [0, 0.1) is 5.92 Å². The molecule has 5 heteroatoms. The fourth-order valence-corrected chi connectivity index (χ4v) is 3.70. The van der Waals surface area contributed by atoms with Crippen molar-refractivity contribution in [3.05, 3.63) is 71.6 Å². The number of halogens is 2. The maximum Gasteiger partial charge on any atom is 0.262 e. The molecule has 1 unspecified atom stereocenters. The summed E-state index contributed by atoms with van der Waals surface area (Å²) >= 11 is 6.07. The Kier molecular flexibility index (Phi) is 8.94. The van der Waals surface area contributed by atoms with Crippen LogP contribution in [-0.2, 0) is 13.0 Å². The van der Waals surface area contributed by atoms with Gasteiger partial charge in [0.15, 0.2) is 5.69 Å². The van der Waals surface area contributed by atoms with Crippen LogP contribution in [0.5, 0.6) is 0 Å². The molecule has 156 valence electrons. The molecule has 0 spiro atoms. The van der Waals surface area contributed by atoms with Crippen molar-refractivity contribution in [2.75, 3.05) is 0 Å². The Morgan fingerprint density at radius 2 is 1.66 bits per heavy atom. The van der Waals surface area contributed by atoms with Gasteiger partial charge in [0.2, 0.25) is 0 Å². The number of aromatic nitrogens is 2. The summed E-state index contributed by atoms with van der Waals surface area (Å²) in [5.41, 5.74) is 3.76. The van der Waals surface area contributed by atoms with E-state index in [0.29, 0.717) is 0 Å². The minimum Gasteiger partial charge on any atom is -1.00 e. The number of fused-ring (bicyclic) bond motifs is 1. The van der Waals surface area contributed by atoms with Crippen molar-refractivity contribution >= 4 is 11.6 Å². The normalized spacial score (nSPS) is 15.6. The number of hydrogen-bond donors (Lipinski definition) is 1. The SMILES string of the molecule is CC(C)O.CC1CCc2n(-c3ccc(Cl)cc3)cc(-c3ccccc3)[n+]2CC1.[Br-]. The number of imidazole rings is 1. The smallest absolute Gasteiger partial charge is 0.262 e. The van der Waals surface area contributed by atoms with Crippen LogP contribution in [0.15, 0.2) is 60.8 Å². The van der Waals surface area contributed by atoms with Crippen LogP contribution in [0.1, 0.15) is 39.4 Å². The first-order chi connectivity index (χ1) is 13.5. The van der Waals surface area contributed by atoms with Crippen LogP contribution in [0.3, 0.4) is 0 Å². The summed E-state index contributed by atoms with van der Waals surface area (Å²) in [5, 5.41) is 8.83. The third-order valence-electron chi connectivity index (χ3n) is 5.01. The maximum absolute atomic E-state index is 8.06. The summed E-state index contributed by atoms with van der Waals surface area (Å²) in [6.45, 7) is 6.89. The van der Waals surface area contributed by atoms with Crippen LogP contribution in [-0.4, -0.2) is 15.8 Å². The van der Waals surface area contributed by atoms with Gasteiger partial charge in [-0.25, -0.2) is 4.57 Å². The van der Waals surface area contributed by atoms with E-state index in [4.69, 9.17) is 16.7 Å². The molecule has 0 radical (unpaired) electrons. The van der Waals surface area contributed by atoms with Crippen molar-refractivity contribution in [3.8, 4) is 16.9 Å². The molecule has 3 nitrogen and oxygen atoms in total. The minimum atomic E-state index is -0.167. The fourth-order valence-electron chi connectivity index (χ4n) is 3.57. The van der Waals surface area contributed by atoms with Gasteiger partial charge >= 0.3 is 0 Å². The highest BCUT2D eigenvalue weighted by Gasteiger charge is 2.28. The summed E-state index contributed by atoms with van der Waals surface area (Å²) in [6.07, 6.45) is 5.70. The van der Waals surface area contributed by atoms with Gasteiger partial charge in [-0.05, 0) is 56.9 Å². The van der Waals surface area contributed by atoms with E-state index in [1.54, 1.807) is 13.8 Å². The Bertz CT molecular complexity index is 888. The topological polar surface area (TPSA) is 29.0 Å². The number of aliphatic hydroxyl groups excluding tert-OH is 1. The van der Waals surface area contributed by atoms with E-state index in [0.717, 1.165) is 23.9 Å².